The largest absolute Gasteiger partial charge is 0.416 e. The fourth-order valence-corrected chi connectivity index (χ4v) is 3.07. The molecule has 0 aromatic heterocycles. The predicted octanol–water partition coefficient (Wildman–Crippen LogP) is 4.63. The predicted molar refractivity (Wildman–Crippen MR) is 96.4 cm³/mol. The van der Waals surface area contributed by atoms with Crippen molar-refractivity contribution < 1.29 is 26.7 Å². The molecule has 28 heavy (non-hydrogen) atoms. The Labute approximate surface area is 158 Å². The number of hydrogen-bond donors (Lipinski definition) is 2. The first-order valence-electron chi connectivity index (χ1n) is 8.69. The van der Waals surface area contributed by atoms with Crippen LogP contribution in [0.3, 0.4) is 0 Å². The molecule has 0 saturated carbocycles. The Morgan fingerprint density at radius 3 is 2.25 bits per heavy atom. The van der Waals surface area contributed by atoms with Gasteiger partial charge in [0.1, 0.15) is 5.69 Å². The molecule has 9 heteroatoms. The molecule has 0 atom stereocenters. The number of anilines is 3. The summed E-state index contributed by atoms with van der Waals surface area (Å²) >= 11 is 0. The number of hydrogen-bond acceptors (Lipinski definition) is 3. The summed E-state index contributed by atoms with van der Waals surface area (Å²) in [6, 6.07) is 6.44. The van der Waals surface area contributed by atoms with Crippen molar-refractivity contribution in [2.75, 3.05) is 35.2 Å². The van der Waals surface area contributed by atoms with Gasteiger partial charge in [0.2, 0.25) is 5.91 Å². The average Bonchev–Trinajstić information content (AvgIpc) is 3.13. The van der Waals surface area contributed by atoms with E-state index in [1.807, 2.05) is 0 Å². The van der Waals surface area contributed by atoms with Crippen LogP contribution in [0.15, 0.2) is 36.4 Å². The van der Waals surface area contributed by atoms with Crippen molar-refractivity contribution in [2.45, 2.75) is 19.0 Å². The molecular formula is C19H18F5N3O. The highest BCUT2D eigenvalue weighted by Crippen LogP contribution is 2.31. The minimum absolute atomic E-state index is 0.0613. The third-order valence-electron chi connectivity index (χ3n) is 4.37. The fourth-order valence-electron chi connectivity index (χ4n) is 3.07. The summed E-state index contributed by atoms with van der Waals surface area (Å²) in [5.74, 6) is -2.20. The lowest BCUT2D eigenvalue weighted by Gasteiger charge is -2.20. The Morgan fingerprint density at radius 1 is 1.00 bits per heavy atom. The van der Waals surface area contributed by atoms with Crippen molar-refractivity contribution in [1.82, 2.24) is 0 Å². The zero-order valence-corrected chi connectivity index (χ0v) is 14.7. The molecule has 0 unspecified atom stereocenters. The van der Waals surface area contributed by atoms with Gasteiger partial charge >= 0.3 is 6.18 Å². The van der Waals surface area contributed by atoms with Gasteiger partial charge in [0, 0.05) is 24.5 Å². The molecule has 1 aliphatic heterocycles. The lowest BCUT2D eigenvalue weighted by atomic mass is 10.2. The van der Waals surface area contributed by atoms with E-state index in [1.54, 1.807) is 4.90 Å². The highest BCUT2D eigenvalue weighted by molar-refractivity contribution is 5.94. The molecule has 0 bridgehead atoms. The molecule has 1 amide bonds. The molecule has 4 nitrogen and oxygen atoms in total. The minimum atomic E-state index is -4.49. The maximum atomic E-state index is 14.3. The van der Waals surface area contributed by atoms with Gasteiger partial charge < -0.3 is 15.5 Å². The number of halogens is 5. The van der Waals surface area contributed by atoms with Crippen LogP contribution in [0.2, 0.25) is 0 Å². The summed E-state index contributed by atoms with van der Waals surface area (Å²) in [5, 5.41) is 4.89. The van der Waals surface area contributed by atoms with Crippen molar-refractivity contribution in [3.8, 4) is 0 Å². The van der Waals surface area contributed by atoms with Gasteiger partial charge in [-0.05, 0) is 43.2 Å². The smallest absolute Gasteiger partial charge is 0.376 e. The Morgan fingerprint density at radius 2 is 1.64 bits per heavy atom. The lowest BCUT2D eigenvalue weighted by Crippen LogP contribution is -2.23. The average molecular weight is 399 g/mol. The van der Waals surface area contributed by atoms with Crippen molar-refractivity contribution in [2.24, 2.45) is 0 Å². The van der Waals surface area contributed by atoms with Gasteiger partial charge in [-0.1, -0.05) is 6.07 Å². The van der Waals surface area contributed by atoms with E-state index in [9.17, 15) is 26.7 Å². The van der Waals surface area contributed by atoms with Crippen molar-refractivity contribution in [3.63, 3.8) is 0 Å². The molecule has 2 aromatic carbocycles. The highest BCUT2D eigenvalue weighted by atomic mass is 19.4. The summed E-state index contributed by atoms with van der Waals surface area (Å²) in [6.45, 7) is 0.777. The van der Waals surface area contributed by atoms with E-state index in [-0.39, 0.29) is 23.6 Å². The number of carbonyl (C=O) groups is 1. The highest BCUT2D eigenvalue weighted by Gasteiger charge is 2.30. The lowest BCUT2D eigenvalue weighted by molar-refractivity contribution is -0.137. The number of nitrogens with one attached hydrogen (secondary N) is 2. The summed E-state index contributed by atoms with van der Waals surface area (Å²) in [5.41, 5.74) is -0.919. The summed E-state index contributed by atoms with van der Waals surface area (Å²) in [7, 11) is 0. The van der Waals surface area contributed by atoms with E-state index in [2.05, 4.69) is 10.6 Å². The monoisotopic (exact) mass is 399 g/mol. The topological polar surface area (TPSA) is 44.4 Å². The first-order chi connectivity index (χ1) is 13.2. The fraction of sp³-hybridized carbons (Fsp3) is 0.316. The Balaban J connectivity index is 1.62. The van der Waals surface area contributed by atoms with E-state index < -0.39 is 29.3 Å². The van der Waals surface area contributed by atoms with Crippen LogP contribution in [0.5, 0.6) is 0 Å². The number of carbonyl (C=O) groups excluding carboxylic acids is 1. The van der Waals surface area contributed by atoms with Gasteiger partial charge in [-0.3, -0.25) is 4.79 Å². The van der Waals surface area contributed by atoms with Gasteiger partial charge in [0.15, 0.2) is 11.6 Å². The number of rotatable bonds is 5. The molecule has 0 spiro atoms. The van der Waals surface area contributed by atoms with Crippen molar-refractivity contribution in [3.05, 3.63) is 53.6 Å². The first-order valence-corrected chi connectivity index (χ1v) is 8.69. The van der Waals surface area contributed by atoms with Crippen LogP contribution in [0.4, 0.5) is 39.0 Å². The summed E-state index contributed by atoms with van der Waals surface area (Å²) in [4.78, 5) is 13.6. The molecule has 0 radical (unpaired) electrons. The molecule has 2 N–H and O–H groups in total. The van der Waals surface area contributed by atoms with Crippen LogP contribution in [0, 0.1) is 11.6 Å². The minimum Gasteiger partial charge on any atom is -0.376 e. The Bertz CT molecular complexity index is 840. The second-order valence-corrected chi connectivity index (χ2v) is 6.46. The van der Waals surface area contributed by atoms with Crippen molar-refractivity contribution in [1.29, 1.82) is 0 Å². The molecule has 1 aliphatic rings. The van der Waals surface area contributed by atoms with E-state index in [1.165, 1.54) is 12.1 Å². The second-order valence-electron chi connectivity index (χ2n) is 6.46. The number of nitrogens with zero attached hydrogens (tertiary/aromatic N) is 1. The molecule has 2 aromatic rings. The SMILES string of the molecule is O=C(CNc1cccc(C(F)(F)F)c1)Nc1cc(F)c(N2CCCC2)c(F)c1. The van der Waals surface area contributed by atoms with Crippen LogP contribution in [-0.4, -0.2) is 25.5 Å². The zero-order chi connectivity index (χ0) is 20.3. The van der Waals surface area contributed by atoms with E-state index >= 15 is 0 Å². The van der Waals surface area contributed by atoms with Crippen LogP contribution in [0.1, 0.15) is 18.4 Å². The van der Waals surface area contributed by atoms with E-state index in [4.69, 9.17) is 0 Å². The maximum absolute atomic E-state index is 14.3. The van der Waals surface area contributed by atoms with Gasteiger partial charge in [-0.25, -0.2) is 8.78 Å². The molecule has 0 aliphatic carbocycles. The Kier molecular flexibility index (Phi) is 5.71. The van der Waals surface area contributed by atoms with Crippen molar-refractivity contribution >= 4 is 23.0 Å². The molecule has 150 valence electrons. The quantitative estimate of drug-likeness (QED) is 0.721. The van der Waals surface area contributed by atoms with E-state index in [0.717, 1.165) is 37.1 Å². The number of benzene rings is 2. The molecule has 1 fully saturated rings. The molecule has 1 heterocycles. The first kappa shape index (κ1) is 19.9. The van der Waals surface area contributed by atoms with Gasteiger partial charge in [0.05, 0.1) is 12.1 Å². The second kappa shape index (κ2) is 8.04. The standard InChI is InChI=1S/C19H18F5N3O/c20-15-9-14(10-16(21)18(15)27-6-1-2-7-27)26-17(28)11-25-13-5-3-4-12(8-13)19(22,23)24/h3-5,8-10,25H,1-2,6-7,11H2,(H,26,28). The van der Waals surface area contributed by atoms with Crippen LogP contribution in [-0.2, 0) is 11.0 Å². The van der Waals surface area contributed by atoms with Gasteiger partial charge in [-0.15, -0.1) is 0 Å². The third kappa shape index (κ3) is 4.71. The zero-order valence-electron chi connectivity index (χ0n) is 14.7. The van der Waals surface area contributed by atoms with Crippen LogP contribution < -0.4 is 15.5 Å². The normalized spacial score (nSPS) is 14.2. The van der Waals surface area contributed by atoms with E-state index in [0.29, 0.717) is 13.1 Å². The van der Waals surface area contributed by atoms with Crippen LogP contribution >= 0.6 is 0 Å². The van der Waals surface area contributed by atoms with Gasteiger partial charge in [0.25, 0.3) is 0 Å². The molecular weight excluding hydrogens is 381 g/mol. The Hall–Kier alpha value is -2.84. The summed E-state index contributed by atoms with van der Waals surface area (Å²) < 4.78 is 66.6. The molecule has 1 saturated heterocycles. The number of amides is 1. The molecule has 3 rings (SSSR count). The van der Waals surface area contributed by atoms with Crippen LogP contribution in [0.25, 0.3) is 0 Å². The summed E-state index contributed by atoms with van der Waals surface area (Å²) in [6.07, 6.45) is -2.77. The number of alkyl halides is 3. The third-order valence-corrected chi connectivity index (χ3v) is 4.37. The van der Waals surface area contributed by atoms with Gasteiger partial charge in [-0.2, -0.15) is 13.2 Å². The maximum Gasteiger partial charge on any atom is 0.416 e.